The predicted octanol–water partition coefficient (Wildman–Crippen LogP) is 1.51. The minimum absolute atomic E-state index is 0.263. The van der Waals surface area contributed by atoms with Crippen molar-refractivity contribution in [1.82, 2.24) is 4.98 Å². The molecule has 0 spiro atoms. The number of rotatable bonds is 1. The van der Waals surface area contributed by atoms with Crippen molar-refractivity contribution in [3.8, 4) is 0 Å². The summed E-state index contributed by atoms with van der Waals surface area (Å²) in [5, 5.41) is 9.09. The van der Waals surface area contributed by atoms with Gasteiger partial charge in [0.1, 0.15) is 5.56 Å². The van der Waals surface area contributed by atoms with Crippen LogP contribution in [0, 0.1) is 0 Å². The zero-order valence-corrected chi connectivity index (χ0v) is 8.41. The molecule has 15 heavy (non-hydrogen) atoms. The van der Waals surface area contributed by atoms with Crippen LogP contribution >= 0.6 is 12.6 Å². The molecule has 0 aliphatic rings. The van der Waals surface area contributed by atoms with Crippen LogP contribution < -0.4 is 5.43 Å². The molecule has 2 N–H and O–H groups in total. The van der Waals surface area contributed by atoms with Crippen molar-refractivity contribution in [2.45, 2.75) is 4.90 Å². The van der Waals surface area contributed by atoms with Gasteiger partial charge in [-0.2, -0.15) is 0 Å². The van der Waals surface area contributed by atoms with Gasteiger partial charge in [0, 0.05) is 22.0 Å². The van der Waals surface area contributed by atoms with E-state index < -0.39 is 11.4 Å². The van der Waals surface area contributed by atoms with E-state index in [1.54, 1.807) is 18.2 Å². The molecule has 0 saturated carbocycles. The van der Waals surface area contributed by atoms with Gasteiger partial charge < -0.3 is 10.1 Å². The number of aromatic amines is 1. The summed E-state index contributed by atoms with van der Waals surface area (Å²) in [6.45, 7) is 0. The number of fused-ring (bicyclic) bond motifs is 1. The summed E-state index contributed by atoms with van der Waals surface area (Å²) in [6, 6.07) is 4.95. The second kappa shape index (κ2) is 3.43. The maximum absolute atomic E-state index is 11.7. The first kappa shape index (κ1) is 9.79. The van der Waals surface area contributed by atoms with E-state index in [2.05, 4.69) is 17.6 Å². The highest BCUT2D eigenvalue weighted by Crippen LogP contribution is 2.13. The highest BCUT2D eigenvalue weighted by Gasteiger charge is 2.10. The maximum Gasteiger partial charge on any atom is 0.341 e. The molecule has 0 aliphatic heterocycles. The van der Waals surface area contributed by atoms with Crippen LogP contribution in [-0.2, 0) is 0 Å². The van der Waals surface area contributed by atoms with E-state index in [-0.39, 0.29) is 5.56 Å². The predicted molar refractivity (Wildman–Crippen MR) is 58.8 cm³/mol. The van der Waals surface area contributed by atoms with Crippen molar-refractivity contribution in [1.29, 1.82) is 0 Å². The zero-order valence-electron chi connectivity index (χ0n) is 7.52. The van der Waals surface area contributed by atoms with Crippen LogP contribution in [0.3, 0.4) is 0 Å². The molecule has 1 aromatic carbocycles. The minimum atomic E-state index is -1.23. The lowest BCUT2D eigenvalue weighted by Crippen LogP contribution is -2.15. The first-order valence-electron chi connectivity index (χ1n) is 4.17. The van der Waals surface area contributed by atoms with Crippen LogP contribution in [-0.4, -0.2) is 16.1 Å². The Kier molecular flexibility index (Phi) is 2.24. The second-order valence-corrected chi connectivity index (χ2v) is 3.58. The monoisotopic (exact) mass is 221 g/mol. The van der Waals surface area contributed by atoms with Crippen LogP contribution in [0.15, 0.2) is 34.1 Å². The average molecular weight is 221 g/mol. The molecule has 0 aliphatic carbocycles. The van der Waals surface area contributed by atoms with Crippen molar-refractivity contribution in [2.24, 2.45) is 0 Å². The third kappa shape index (κ3) is 1.61. The minimum Gasteiger partial charge on any atom is -0.477 e. The molecular formula is C10H7NO3S. The number of aromatic nitrogens is 1. The molecule has 0 saturated heterocycles. The van der Waals surface area contributed by atoms with Crippen molar-refractivity contribution in [2.75, 3.05) is 0 Å². The molecule has 0 fully saturated rings. The van der Waals surface area contributed by atoms with E-state index in [9.17, 15) is 9.59 Å². The normalized spacial score (nSPS) is 10.5. The Hall–Kier alpha value is -1.75. The van der Waals surface area contributed by atoms with E-state index >= 15 is 0 Å². The van der Waals surface area contributed by atoms with Crippen molar-refractivity contribution in [3.05, 3.63) is 40.2 Å². The summed E-state index contributed by atoms with van der Waals surface area (Å²) in [4.78, 5) is 25.8. The first-order valence-corrected chi connectivity index (χ1v) is 4.62. The van der Waals surface area contributed by atoms with Gasteiger partial charge in [-0.3, -0.25) is 4.79 Å². The number of carboxylic acid groups (broad SMARTS) is 1. The maximum atomic E-state index is 11.7. The number of nitrogens with one attached hydrogen (secondary N) is 1. The van der Waals surface area contributed by atoms with E-state index in [1.165, 1.54) is 6.20 Å². The average Bonchev–Trinajstić information content (AvgIpc) is 2.19. The fourth-order valence-corrected chi connectivity index (χ4v) is 1.57. The third-order valence-corrected chi connectivity index (χ3v) is 2.37. The third-order valence-electron chi connectivity index (χ3n) is 2.09. The fourth-order valence-electron chi connectivity index (χ4n) is 1.37. The number of thiol groups is 1. The summed E-state index contributed by atoms with van der Waals surface area (Å²) in [5.41, 5.74) is -0.156. The van der Waals surface area contributed by atoms with Gasteiger partial charge in [0.2, 0.25) is 5.43 Å². The quantitative estimate of drug-likeness (QED) is 0.639. The molecular weight excluding hydrogens is 214 g/mol. The lowest BCUT2D eigenvalue weighted by Gasteiger charge is -2.00. The topological polar surface area (TPSA) is 70.2 Å². The van der Waals surface area contributed by atoms with Crippen LogP contribution in [0.5, 0.6) is 0 Å². The molecule has 5 heteroatoms. The highest BCUT2D eigenvalue weighted by molar-refractivity contribution is 7.80. The fraction of sp³-hybridized carbons (Fsp3) is 0. The van der Waals surface area contributed by atoms with E-state index in [0.29, 0.717) is 15.8 Å². The molecule has 1 aromatic heterocycles. The molecule has 1 heterocycles. The van der Waals surface area contributed by atoms with Gasteiger partial charge in [-0.15, -0.1) is 12.6 Å². The van der Waals surface area contributed by atoms with Crippen LogP contribution in [0.25, 0.3) is 10.9 Å². The first-order chi connectivity index (χ1) is 7.09. The molecule has 0 radical (unpaired) electrons. The molecule has 4 nitrogen and oxygen atoms in total. The van der Waals surface area contributed by atoms with Gasteiger partial charge in [-0.05, 0) is 18.2 Å². The molecule has 0 unspecified atom stereocenters. The van der Waals surface area contributed by atoms with Crippen molar-refractivity contribution in [3.63, 3.8) is 0 Å². The molecule has 0 bridgehead atoms. The van der Waals surface area contributed by atoms with Crippen molar-refractivity contribution >= 4 is 29.5 Å². The number of carboxylic acids is 1. The van der Waals surface area contributed by atoms with Gasteiger partial charge in [0.05, 0.1) is 0 Å². The number of pyridine rings is 1. The Morgan fingerprint density at radius 2 is 2.13 bits per heavy atom. The summed E-state index contributed by atoms with van der Waals surface area (Å²) in [6.07, 6.45) is 1.20. The van der Waals surface area contributed by atoms with Crippen LogP contribution in [0.1, 0.15) is 10.4 Å². The summed E-state index contributed by atoms with van der Waals surface area (Å²) < 4.78 is 0. The number of H-pyrrole nitrogens is 1. The molecule has 2 aromatic rings. The van der Waals surface area contributed by atoms with Gasteiger partial charge in [0.15, 0.2) is 0 Å². The lowest BCUT2D eigenvalue weighted by molar-refractivity contribution is 0.0695. The SMILES string of the molecule is O=C(O)c1c[nH]c2ccc(S)cc2c1=O. The van der Waals surface area contributed by atoms with Gasteiger partial charge in [-0.25, -0.2) is 4.79 Å². The van der Waals surface area contributed by atoms with Crippen molar-refractivity contribution < 1.29 is 9.90 Å². The molecule has 2 rings (SSSR count). The van der Waals surface area contributed by atoms with Gasteiger partial charge in [0.25, 0.3) is 0 Å². The summed E-state index contributed by atoms with van der Waals surface area (Å²) in [7, 11) is 0. The highest BCUT2D eigenvalue weighted by atomic mass is 32.1. The van der Waals surface area contributed by atoms with Crippen LogP contribution in [0.4, 0.5) is 0 Å². The Labute approximate surface area is 90.0 Å². The van der Waals surface area contributed by atoms with Gasteiger partial charge >= 0.3 is 5.97 Å². The summed E-state index contributed by atoms with van der Waals surface area (Å²) in [5.74, 6) is -1.23. The number of benzene rings is 1. The Morgan fingerprint density at radius 1 is 1.40 bits per heavy atom. The van der Waals surface area contributed by atoms with E-state index in [0.717, 1.165) is 0 Å². The van der Waals surface area contributed by atoms with E-state index in [4.69, 9.17) is 5.11 Å². The number of carbonyl (C=O) groups is 1. The number of hydrogen-bond acceptors (Lipinski definition) is 3. The Morgan fingerprint density at radius 3 is 2.80 bits per heavy atom. The molecule has 0 amide bonds. The molecule has 0 atom stereocenters. The number of aromatic carboxylic acids is 1. The standard InChI is InChI=1S/C10H7NO3S/c12-9-6-3-5(15)1-2-8(6)11-4-7(9)10(13)14/h1-4,15H,(H,11,12)(H,13,14). The van der Waals surface area contributed by atoms with Crippen LogP contribution in [0.2, 0.25) is 0 Å². The smallest absolute Gasteiger partial charge is 0.341 e. The lowest BCUT2D eigenvalue weighted by atomic mass is 10.1. The Bertz CT molecular complexity index is 603. The zero-order chi connectivity index (χ0) is 11.0. The van der Waals surface area contributed by atoms with Gasteiger partial charge in [-0.1, -0.05) is 0 Å². The molecule has 76 valence electrons. The number of hydrogen-bond donors (Lipinski definition) is 3. The Balaban J connectivity index is 2.89. The summed E-state index contributed by atoms with van der Waals surface area (Å²) >= 11 is 4.09. The van der Waals surface area contributed by atoms with E-state index in [1.807, 2.05) is 0 Å². The largest absolute Gasteiger partial charge is 0.477 e. The second-order valence-electron chi connectivity index (χ2n) is 3.07.